The average molecular weight is 230 g/mol. The fourth-order valence-electron chi connectivity index (χ4n) is 0.774. The number of hydrogen-bond acceptors (Lipinski definition) is 6. The van der Waals surface area contributed by atoms with Gasteiger partial charge in [-0.15, -0.1) is 10.2 Å². The molecule has 0 aliphatic rings. The van der Waals surface area contributed by atoms with Gasteiger partial charge in [-0.1, -0.05) is 13.8 Å². The lowest BCUT2D eigenvalue weighted by molar-refractivity contribution is -0.147. The van der Waals surface area contributed by atoms with Gasteiger partial charge in [-0.2, -0.15) is 0 Å². The topological polar surface area (TPSA) is 77.3 Å². The Balaban J connectivity index is 4.75. The van der Waals surface area contributed by atoms with E-state index < -0.39 is 11.4 Å². The molecule has 0 saturated heterocycles. The summed E-state index contributed by atoms with van der Waals surface area (Å²) < 4.78 is 9.62. The Morgan fingerprint density at radius 2 is 1.25 bits per heavy atom. The van der Waals surface area contributed by atoms with E-state index in [4.69, 9.17) is 9.47 Å². The van der Waals surface area contributed by atoms with Crippen molar-refractivity contribution in [2.24, 2.45) is 10.2 Å². The van der Waals surface area contributed by atoms with E-state index in [2.05, 4.69) is 10.2 Å². The number of hydrogen-bond donors (Lipinski definition) is 0. The molecule has 0 spiro atoms. The molecule has 0 N–H and O–H groups in total. The molecule has 6 nitrogen and oxygen atoms in total. The Morgan fingerprint density at radius 3 is 1.44 bits per heavy atom. The molecule has 0 heterocycles. The summed E-state index contributed by atoms with van der Waals surface area (Å²) in [6.45, 7) is 7.53. The molecule has 0 rings (SSSR count). The molecule has 0 aromatic rings. The highest BCUT2D eigenvalue weighted by molar-refractivity contribution is 5.38. The van der Waals surface area contributed by atoms with Crippen molar-refractivity contribution < 1.29 is 19.1 Å². The predicted molar refractivity (Wildman–Crippen MR) is 56.5 cm³/mol. The molecule has 0 aliphatic carbocycles. The largest absolute Gasteiger partial charge is 0.438 e. The van der Waals surface area contributed by atoms with E-state index in [-0.39, 0.29) is 0 Å². The number of carbonyl (C=O) groups is 2. The van der Waals surface area contributed by atoms with E-state index in [0.717, 1.165) is 0 Å². The molecule has 92 valence electrons. The van der Waals surface area contributed by atoms with Gasteiger partial charge in [0.05, 0.1) is 0 Å². The van der Waals surface area contributed by atoms with E-state index >= 15 is 0 Å². The third kappa shape index (κ3) is 4.37. The van der Waals surface area contributed by atoms with Crippen LogP contribution in [0, 0.1) is 0 Å². The minimum atomic E-state index is -1.01. The average Bonchev–Trinajstić information content (AvgIpc) is 2.27. The molecular formula is C10H18N2O4. The quantitative estimate of drug-likeness (QED) is 0.472. The summed E-state index contributed by atoms with van der Waals surface area (Å²) in [5.74, 6) is 0. The maximum Gasteiger partial charge on any atom is 0.295 e. The summed E-state index contributed by atoms with van der Waals surface area (Å²) in [4.78, 5) is 20.6. The van der Waals surface area contributed by atoms with Gasteiger partial charge in [-0.3, -0.25) is 9.59 Å². The van der Waals surface area contributed by atoms with Crippen LogP contribution in [0.25, 0.3) is 0 Å². The highest BCUT2D eigenvalue weighted by Crippen LogP contribution is 2.22. The zero-order chi connectivity index (χ0) is 12.7. The maximum absolute atomic E-state index is 10.3. The third-order valence-electron chi connectivity index (χ3n) is 2.39. The van der Waals surface area contributed by atoms with Crippen molar-refractivity contribution in [1.82, 2.24) is 0 Å². The van der Waals surface area contributed by atoms with Crippen molar-refractivity contribution in [2.75, 3.05) is 0 Å². The van der Waals surface area contributed by atoms with Gasteiger partial charge in [-0.25, -0.2) is 0 Å². The number of carbonyl (C=O) groups excluding carboxylic acids is 2. The monoisotopic (exact) mass is 230 g/mol. The van der Waals surface area contributed by atoms with Gasteiger partial charge in [0.15, 0.2) is 0 Å². The normalized spacial score (nSPS) is 18.5. The number of ether oxygens (including phenoxy) is 2. The first-order valence-corrected chi connectivity index (χ1v) is 5.12. The first kappa shape index (κ1) is 14.5. The van der Waals surface area contributed by atoms with Crippen LogP contribution in [0.15, 0.2) is 10.2 Å². The molecule has 0 aromatic carbocycles. The fourth-order valence-corrected chi connectivity index (χ4v) is 0.774. The summed E-state index contributed by atoms with van der Waals surface area (Å²) >= 11 is 0. The molecule has 0 bridgehead atoms. The van der Waals surface area contributed by atoms with Crippen molar-refractivity contribution in [3.05, 3.63) is 0 Å². The first-order valence-electron chi connectivity index (χ1n) is 5.12. The van der Waals surface area contributed by atoms with Crippen LogP contribution in [0.5, 0.6) is 0 Å². The second kappa shape index (κ2) is 6.19. The maximum atomic E-state index is 10.3. The Morgan fingerprint density at radius 1 is 0.938 bits per heavy atom. The Bertz CT molecular complexity index is 244. The fraction of sp³-hybridized carbons (Fsp3) is 0.800. The number of rotatable bonds is 8. The molecule has 0 radical (unpaired) electrons. The highest BCUT2D eigenvalue weighted by Gasteiger charge is 2.27. The molecule has 0 aliphatic heterocycles. The summed E-state index contributed by atoms with van der Waals surface area (Å²) in [6, 6.07) is 0. The van der Waals surface area contributed by atoms with Gasteiger partial charge in [-0.05, 0) is 13.8 Å². The van der Waals surface area contributed by atoms with Crippen LogP contribution in [-0.2, 0) is 19.1 Å². The van der Waals surface area contributed by atoms with Crippen LogP contribution >= 0.6 is 0 Å². The third-order valence-corrected chi connectivity index (χ3v) is 2.39. The molecule has 2 unspecified atom stereocenters. The van der Waals surface area contributed by atoms with Gasteiger partial charge >= 0.3 is 0 Å². The first-order chi connectivity index (χ1) is 7.45. The lowest BCUT2D eigenvalue weighted by Crippen LogP contribution is -2.28. The number of azo groups is 1. The van der Waals surface area contributed by atoms with E-state index in [0.29, 0.717) is 25.8 Å². The van der Waals surface area contributed by atoms with E-state index in [1.54, 1.807) is 13.8 Å². The van der Waals surface area contributed by atoms with Gasteiger partial charge in [0, 0.05) is 12.8 Å². The van der Waals surface area contributed by atoms with Crippen LogP contribution in [0.4, 0.5) is 0 Å². The molecule has 0 saturated carbocycles. The lowest BCUT2D eigenvalue weighted by atomic mass is 10.2. The Hall–Kier alpha value is -1.46. The van der Waals surface area contributed by atoms with Crippen molar-refractivity contribution in [1.29, 1.82) is 0 Å². The minimum absolute atomic E-state index is 0.326. The van der Waals surface area contributed by atoms with Gasteiger partial charge in [0.25, 0.3) is 12.9 Å². The molecule has 0 aromatic heterocycles. The predicted octanol–water partition coefficient (Wildman–Crippen LogP) is 2.04. The second-order valence-electron chi connectivity index (χ2n) is 3.69. The Kier molecular flexibility index (Phi) is 5.63. The SMILES string of the molecule is CCC(C)(N=NC(C)(CC)OC=O)OC=O. The molecule has 16 heavy (non-hydrogen) atoms. The van der Waals surface area contributed by atoms with Gasteiger partial charge < -0.3 is 9.47 Å². The van der Waals surface area contributed by atoms with E-state index in [1.807, 2.05) is 13.8 Å². The van der Waals surface area contributed by atoms with Crippen molar-refractivity contribution in [3.8, 4) is 0 Å². The number of nitrogens with zero attached hydrogens (tertiary/aromatic N) is 2. The molecule has 2 atom stereocenters. The molecular weight excluding hydrogens is 212 g/mol. The van der Waals surface area contributed by atoms with Crippen LogP contribution in [0.1, 0.15) is 40.5 Å². The zero-order valence-electron chi connectivity index (χ0n) is 10.1. The van der Waals surface area contributed by atoms with Crippen molar-refractivity contribution in [3.63, 3.8) is 0 Å². The van der Waals surface area contributed by atoms with Crippen LogP contribution in [0.2, 0.25) is 0 Å². The van der Waals surface area contributed by atoms with E-state index in [9.17, 15) is 9.59 Å². The second-order valence-corrected chi connectivity index (χ2v) is 3.69. The van der Waals surface area contributed by atoms with Gasteiger partial charge in [0.1, 0.15) is 0 Å². The van der Waals surface area contributed by atoms with Crippen LogP contribution in [-0.4, -0.2) is 24.4 Å². The Labute approximate surface area is 95.0 Å². The molecule has 6 heteroatoms. The standard InChI is InChI=1S/C10H18N2O4/c1-5-9(3,15-7-13)11-12-10(4,6-2)16-8-14/h7-8H,5-6H2,1-4H3. The van der Waals surface area contributed by atoms with Crippen LogP contribution < -0.4 is 0 Å². The zero-order valence-corrected chi connectivity index (χ0v) is 10.1. The smallest absolute Gasteiger partial charge is 0.295 e. The summed E-state index contributed by atoms with van der Waals surface area (Å²) in [5.41, 5.74) is -2.02. The molecule has 0 fully saturated rings. The highest BCUT2D eigenvalue weighted by atomic mass is 16.6. The summed E-state index contributed by atoms with van der Waals surface area (Å²) in [7, 11) is 0. The minimum Gasteiger partial charge on any atom is -0.438 e. The molecule has 0 amide bonds. The van der Waals surface area contributed by atoms with E-state index in [1.165, 1.54) is 0 Å². The van der Waals surface area contributed by atoms with Crippen LogP contribution in [0.3, 0.4) is 0 Å². The summed E-state index contributed by atoms with van der Waals surface area (Å²) in [6.07, 6.45) is 0.965. The van der Waals surface area contributed by atoms with Gasteiger partial charge in [0.2, 0.25) is 11.4 Å². The lowest BCUT2D eigenvalue weighted by Gasteiger charge is -2.24. The van der Waals surface area contributed by atoms with Crippen molar-refractivity contribution in [2.45, 2.75) is 52.0 Å². The van der Waals surface area contributed by atoms with Crippen molar-refractivity contribution >= 4 is 12.9 Å². The summed E-state index contributed by atoms with van der Waals surface area (Å²) in [5, 5.41) is 7.83.